The molecule has 2 aliphatic rings. The predicted molar refractivity (Wildman–Crippen MR) is 94.0 cm³/mol. The normalized spacial score (nSPS) is 23.9. The maximum atomic E-state index is 11.5. The molecule has 0 saturated carbocycles. The Bertz CT molecular complexity index is 772. The highest BCUT2D eigenvalue weighted by atomic mass is 16.6. The molecule has 5 nitrogen and oxygen atoms in total. The van der Waals surface area contributed by atoms with Gasteiger partial charge in [0.15, 0.2) is 12.2 Å². The van der Waals surface area contributed by atoms with E-state index >= 15 is 0 Å². The molecule has 3 atom stereocenters. The van der Waals surface area contributed by atoms with Crippen molar-refractivity contribution in [1.82, 2.24) is 0 Å². The second-order valence-corrected chi connectivity index (χ2v) is 6.32. The van der Waals surface area contributed by atoms with Crippen LogP contribution in [0.1, 0.15) is 11.1 Å². The van der Waals surface area contributed by atoms with Crippen LogP contribution in [-0.4, -0.2) is 30.9 Å². The molecule has 134 valence electrons. The number of benzene rings is 2. The standard InChI is InChI=1S/C21H20O5/c22-19-11-17-21(26-19)20(24-13-16-9-5-2-6-10-16)18(25-17)14-23-12-15-7-3-1-4-8-15/h1-11,18,20-21H,12-14H2/t18-,20+,21-/m0/s1. The fourth-order valence-corrected chi connectivity index (χ4v) is 3.14. The minimum absolute atomic E-state index is 0.313. The summed E-state index contributed by atoms with van der Waals surface area (Å²) >= 11 is 0. The fourth-order valence-electron chi connectivity index (χ4n) is 3.14. The first-order valence-corrected chi connectivity index (χ1v) is 8.65. The highest BCUT2D eigenvalue weighted by Crippen LogP contribution is 2.34. The van der Waals surface area contributed by atoms with Gasteiger partial charge in [0, 0.05) is 0 Å². The summed E-state index contributed by atoms with van der Waals surface area (Å²) in [6, 6.07) is 19.8. The van der Waals surface area contributed by atoms with Crippen molar-refractivity contribution in [2.75, 3.05) is 6.61 Å². The van der Waals surface area contributed by atoms with Gasteiger partial charge in [0.05, 0.1) is 25.9 Å². The first kappa shape index (κ1) is 16.8. The van der Waals surface area contributed by atoms with Crippen molar-refractivity contribution in [3.05, 3.63) is 83.6 Å². The SMILES string of the molecule is O=C1C=C2O[C@@H](COCc3ccccc3)[C@@H](OCc3ccccc3)[C@H]2O1. The van der Waals surface area contributed by atoms with E-state index in [1.807, 2.05) is 60.7 Å². The van der Waals surface area contributed by atoms with E-state index in [1.165, 1.54) is 6.08 Å². The second kappa shape index (κ2) is 7.72. The summed E-state index contributed by atoms with van der Waals surface area (Å²) in [7, 11) is 0. The van der Waals surface area contributed by atoms with E-state index in [1.54, 1.807) is 0 Å². The zero-order valence-electron chi connectivity index (χ0n) is 14.2. The molecule has 5 heteroatoms. The highest BCUT2D eigenvalue weighted by Gasteiger charge is 2.48. The third kappa shape index (κ3) is 3.79. The van der Waals surface area contributed by atoms with Crippen LogP contribution in [0.25, 0.3) is 0 Å². The largest absolute Gasteiger partial charge is 0.485 e. The van der Waals surface area contributed by atoms with Crippen molar-refractivity contribution in [2.24, 2.45) is 0 Å². The minimum atomic E-state index is -0.489. The molecule has 0 aliphatic carbocycles. The van der Waals surface area contributed by atoms with Gasteiger partial charge in [-0.2, -0.15) is 0 Å². The molecule has 2 aromatic rings. The van der Waals surface area contributed by atoms with Crippen molar-refractivity contribution in [1.29, 1.82) is 0 Å². The van der Waals surface area contributed by atoms with Crippen LogP contribution >= 0.6 is 0 Å². The summed E-state index contributed by atoms with van der Waals surface area (Å²) in [6.45, 7) is 1.28. The molecule has 0 N–H and O–H groups in total. The molecule has 0 amide bonds. The van der Waals surface area contributed by atoms with Gasteiger partial charge >= 0.3 is 5.97 Å². The molecule has 2 aromatic carbocycles. The van der Waals surface area contributed by atoms with Crippen LogP contribution in [0.2, 0.25) is 0 Å². The van der Waals surface area contributed by atoms with Gasteiger partial charge in [-0.1, -0.05) is 60.7 Å². The number of carbonyl (C=O) groups excluding carboxylic acids is 1. The lowest BCUT2D eigenvalue weighted by Crippen LogP contribution is -2.37. The van der Waals surface area contributed by atoms with Crippen LogP contribution in [0.15, 0.2) is 72.5 Å². The van der Waals surface area contributed by atoms with Crippen LogP contribution in [0, 0.1) is 0 Å². The molecule has 2 heterocycles. The van der Waals surface area contributed by atoms with E-state index in [-0.39, 0.29) is 18.2 Å². The van der Waals surface area contributed by atoms with Crippen molar-refractivity contribution in [2.45, 2.75) is 31.5 Å². The Morgan fingerprint density at radius 1 is 0.846 bits per heavy atom. The summed E-state index contributed by atoms with van der Waals surface area (Å²) < 4.78 is 23.1. The van der Waals surface area contributed by atoms with Gasteiger partial charge < -0.3 is 18.9 Å². The minimum Gasteiger partial charge on any atom is -0.485 e. The molecule has 4 rings (SSSR count). The molecular weight excluding hydrogens is 332 g/mol. The zero-order valence-corrected chi connectivity index (χ0v) is 14.2. The first-order valence-electron chi connectivity index (χ1n) is 8.65. The molecule has 0 unspecified atom stereocenters. The topological polar surface area (TPSA) is 54.0 Å². The van der Waals surface area contributed by atoms with Gasteiger partial charge in [-0.15, -0.1) is 0 Å². The van der Waals surface area contributed by atoms with E-state index in [0.717, 1.165) is 11.1 Å². The van der Waals surface area contributed by atoms with Gasteiger partial charge in [-0.3, -0.25) is 0 Å². The molecule has 1 fully saturated rings. The van der Waals surface area contributed by atoms with Crippen LogP contribution in [0.4, 0.5) is 0 Å². The summed E-state index contributed by atoms with van der Waals surface area (Å²) in [5.41, 5.74) is 2.15. The Labute approximate surface area is 152 Å². The maximum Gasteiger partial charge on any atom is 0.335 e. The lowest BCUT2D eigenvalue weighted by Gasteiger charge is -2.21. The van der Waals surface area contributed by atoms with Crippen LogP contribution in [0.3, 0.4) is 0 Å². The Hall–Kier alpha value is -2.63. The highest BCUT2D eigenvalue weighted by molar-refractivity contribution is 5.85. The number of esters is 1. The van der Waals surface area contributed by atoms with E-state index < -0.39 is 6.10 Å². The molecule has 0 bridgehead atoms. The molecule has 0 spiro atoms. The molecule has 2 aliphatic heterocycles. The molecular formula is C21H20O5. The van der Waals surface area contributed by atoms with Gasteiger partial charge in [0.25, 0.3) is 0 Å². The lowest BCUT2D eigenvalue weighted by atomic mass is 10.1. The number of hydrogen-bond acceptors (Lipinski definition) is 5. The van der Waals surface area contributed by atoms with E-state index in [0.29, 0.717) is 25.6 Å². The number of rotatable bonds is 7. The van der Waals surface area contributed by atoms with Gasteiger partial charge in [-0.05, 0) is 11.1 Å². The van der Waals surface area contributed by atoms with Crippen molar-refractivity contribution < 1.29 is 23.7 Å². The Morgan fingerprint density at radius 3 is 2.19 bits per heavy atom. The Morgan fingerprint density at radius 2 is 1.50 bits per heavy atom. The van der Waals surface area contributed by atoms with E-state index in [2.05, 4.69) is 0 Å². The molecule has 0 aromatic heterocycles. The maximum absolute atomic E-state index is 11.5. The smallest absolute Gasteiger partial charge is 0.335 e. The summed E-state index contributed by atoms with van der Waals surface area (Å²) in [5.74, 6) is 0.142. The average molecular weight is 352 g/mol. The van der Waals surface area contributed by atoms with Gasteiger partial charge in [-0.25, -0.2) is 4.79 Å². The molecule has 26 heavy (non-hydrogen) atoms. The zero-order chi connectivity index (χ0) is 17.8. The predicted octanol–water partition coefficient (Wildman–Crippen LogP) is 3.00. The van der Waals surface area contributed by atoms with Crippen LogP contribution < -0.4 is 0 Å². The average Bonchev–Trinajstić information content (AvgIpc) is 3.17. The molecule has 0 radical (unpaired) electrons. The second-order valence-electron chi connectivity index (χ2n) is 6.32. The van der Waals surface area contributed by atoms with Crippen LogP contribution in [0.5, 0.6) is 0 Å². The van der Waals surface area contributed by atoms with E-state index in [4.69, 9.17) is 18.9 Å². The summed E-state index contributed by atoms with van der Waals surface area (Å²) in [4.78, 5) is 11.5. The van der Waals surface area contributed by atoms with E-state index in [9.17, 15) is 4.79 Å². The number of ether oxygens (including phenoxy) is 4. The van der Waals surface area contributed by atoms with Crippen molar-refractivity contribution in [3.63, 3.8) is 0 Å². The quantitative estimate of drug-likeness (QED) is 0.717. The number of fused-ring (bicyclic) bond motifs is 1. The van der Waals surface area contributed by atoms with Gasteiger partial charge in [0.1, 0.15) is 11.9 Å². The first-order chi connectivity index (χ1) is 12.8. The summed E-state index contributed by atoms with van der Waals surface area (Å²) in [5, 5.41) is 0. The third-order valence-corrected chi connectivity index (χ3v) is 4.41. The van der Waals surface area contributed by atoms with Crippen molar-refractivity contribution in [3.8, 4) is 0 Å². The Kier molecular flexibility index (Phi) is 5.00. The summed E-state index contributed by atoms with van der Waals surface area (Å²) in [6.07, 6.45) is 0.202. The lowest BCUT2D eigenvalue weighted by molar-refractivity contribution is -0.146. The monoisotopic (exact) mass is 352 g/mol. The molecule has 1 saturated heterocycles. The number of hydrogen-bond donors (Lipinski definition) is 0. The van der Waals surface area contributed by atoms with Crippen molar-refractivity contribution >= 4 is 5.97 Å². The number of carbonyl (C=O) groups is 1. The van der Waals surface area contributed by atoms with Gasteiger partial charge in [0.2, 0.25) is 0 Å². The third-order valence-electron chi connectivity index (χ3n) is 4.41. The Balaban J connectivity index is 1.38. The van der Waals surface area contributed by atoms with Crippen LogP contribution in [-0.2, 0) is 37.0 Å². The fraction of sp³-hybridized carbons (Fsp3) is 0.286.